The molecule has 1 N–H and O–H groups in total. The summed E-state index contributed by atoms with van der Waals surface area (Å²) in [7, 11) is 1.94. The molecule has 0 unspecified atom stereocenters. The van der Waals surface area contributed by atoms with E-state index in [2.05, 4.69) is 17.2 Å². The number of hydrogen-bond donors (Lipinski definition) is 1. The highest BCUT2D eigenvalue weighted by atomic mass is 16.5. The van der Waals surface area contributed by atoms with Gasteiger partial charge in [-0.2, -0.15) is 0 Å². The van der Waals surface area contributed by atoms with Gasteiger partial charge >= 0.3 is 0 Å². The van der Waals surface area contributed by atoms with Crippen LogP contribution in [0.3, 0.4) is 0 Å². The molecule has 0 bridgehead atoms. The molecule has 1 fully saturated rings. The quantitative estimate of drug-likeness (QED) is 0.830. The third kappa shape index (κ3) is 3.51. The van der Waals surface area contributed by atoms with Gasteiger partial charge in [0.2, 0.25) is 0 Å². The Kier molecular flexibility index (Phi) is 5.28. The van der Waals surface area contributed by atoms with E-state index < -0.39 is 0 Å². The molecule has 4 heteroatoms. The molecule has 0 amide bonds. The van der Waals surface area contributed by atoms with E-state index in [0.717, 1.165) is 37.5 Å². The first-order valence-electron chi connectivity index (χ1n) is 7.42. The Hall–Kier alpha value is -1.00. The third-order valence-electron chi connectivity index (χ3n) is 3.81. The molecule has 1 heterocycles. The third-order valence-corrected chi connectivity index (χ3v) is 3.81. The van der Waals surface area contributed by atoms with Gasteiger partial charge in [0.25, 0.3) is 0 Å². The van der Waals surface area contributed by atoms with E-state index >= 15 is 0 Å². The van der Waals surface area contributed by atoms with E-state index in [1.807, 2.05) is 19.3 Å². The Morgan fingerprint density at radius 3 is 2.63 bits per heavy atom. The van der Waals surface area contributed by atoms with Crippen LogP contribution in [0, 0.1) is 0 Å². The highest BCUT2D eigenvalue weighted by Crippen LogP contribution is 2.37. The highest BCUT2D eigenvalue weighted by molar-refractivity contribution is 5.09. The maximum atomic E-state index is 6.12. The van der Waals surface area contributed by atoms with Crippen molar-refractivity contribution in [3.63, 3.8) is 0 Å². The summed E-state index contributed by atoms with van der Waals surface area (Å²) >= 11 is 0. The van der Waals surface area contributed by atoms with Crippen LogP contribution in [-0.4, -0.2) is 23.6 Å². The number of nitrogens with zero attached hydrogens (tertiary/aromatic N) is 2. The molecule has 0 radical (unpaired) electrons. The first-order chi connectivity index (χ1) is 9.30. The van der Waals surface area contributed by atoms with Crippen LogP contribution in [0.25, 0.3) is 0 Å². The Morgan fingerprint density at radius 2 is 2.00 bits per heavy atom. The first-order valence-corrected chi connectivity index (χ1v) is 7.42. The molecule has 1 aromatic heterocycles. The summed E-state index contributed by atoms with van der Waals surface area (Å²) in [4.78, 5) is 9.23. The van der Waals surface area contributed by atoms with Gasteiger partial charge in [-0.1, -0.05) is 25.7 Å². The number of ether oxygens (including phenoxy) is 1. The molecule has 1 aliphatic carbocycles. The summed E-state index contributed by atoms with van der Waals surface area (Å²) in [5, 5.41) is 3.14. The van der Waals surface area contributed by atoms with Crippen molar-refractivity contribution in [2.45, 2.75) is 57.6 Å². The van der Waals surface area contributed by atoms with Crippen LogP contribution in [0.2, 0.25) is 0 Å². The molecule has 1 aliphatic rings. The summed E-state index contributed by atoms with van der Waals surface area (Å²) in [6.45, 7) is 3.56. The summed E-state index contributed by atoms with van der Waals surface area (Å²) in [5.41, 5.74) is 0.783. The zero-order chi connectivity index (χ0) is 13.6. The second-order valence-corrected chi connectivity index (χ2v) is 5.24. The molecule has 0 atom stereocenters. The first kappa shape index (κ1) is 14.4. The van der Waals surface area contributed by atoms with Gasteiger partial charge < -0.3 is 10.1 Å². The fourth-order valence-electron chi connectivity index (χ4n) is 2.90. The van der Waals surface area contributed by atoms with Crippen molar-refractivity contribution < 1.29 is 4.74 Å². The van der Waals surface area contributed by atoms with Gasteiger partial charge in [0, 0.05) is 19.3 Å². The number of rotatable bonds is 5. The molecule has 19 heavy (non-hydrogen) atoms. The molecule has 0 saturated heterocycles. The number of nitrogens with one attached hydrogen (secondary N) is 1. The monoisotopic (exact) mass is 263 g/mol. The minimum absolute atomic E-state index is 0.255. The molecule has 1 aromatic rings. The van der Waals surface area contributed by atoms with Crippen LogP contribution in [0.1, 0.15) is 57.0 Å². The molecular formula is C15H25N3O. The number of hydrogen-bond acceptors (Lipinski definition) is 4. The topological polar surface area (TPSA) is 47.0 Å². The minimum atomic E-state index is -0.255. The maximum absolute atomic E-state index is 6.12. The van der Waals surface area contributed by atoms with Crippen molar-refractivity contribution in [2.75, 3.05) is 13.7 Å². The van der Waals surface area contributed by atoms with E-state index in [1.54, 1.807) is 0 Å². The smallest absolute Gasteiger partial charge is 0.160 e. The summed E-state index contributed by atoms with van der Waals surface area (Å²) in [6, 6.07) is 1.97. The molecular weight excluding hydrogens is 238 g/mol. The van der Waals surface area contributed by atoms with Crippen LogP contribution in [0.5, 0.6) is 0 Å². The molecule has 2 rings (SSSR count). The van der Waals surface area contributed by atoms with Crippen LogP contribution in [-0.2, 0) is 16.9 Å². The van der Waals surface area contributed by atoms with Gasteiger partial charge in [0.05, 0.1) is 5.69 Å². The van der Waals surface area contributed by atoms with Crippen LogP contribution in [0.4, 0.5) is 0 Å². The minimum Gasteiger partial charge on any atom is -0.367 e. The fourth-order valence-corrected chi connectivity index (χ4v) is 2.90. The molecule has 0 aromatic carbocycles. The predicted molar refractivity (Wildman–Crippen MR) is 75.8 cm³/mol. The van der Waals surface area contributed by atoms with E-state index in [9.17, 15) is 0 Å². The van der Waals surface area contributed by atoms with Crippen LogP contribution in [0.15, 0.2) is 12.3 Å². The van der Waals surface area contributed by atoms with E-state index in [4.69, 9.17) is 9.72 Å². The van der Waals surface area contributed by atoms with Gasteiger partial charge in [-0.05, 0) is 32.9 Å². The van der Waals surface area contributed by atoms with Crippen LogP contribution < -0.4 is 5.32 Å². The second kappa shape index (κ2) is 6.96. The average molecular weight is 263 g/mol. The molecule has 4 nitrogen and oxygen atoms in total. The second-order valence-electron chi connectivity index (χ2n) is 5.24. The molecule has 0 aliphatic heterocycles. The Morgan fingerprint density at radius 1 is 1.26 bits per heavy atom. The average Bonchev–Trinajstić information content (AvgIpc) is 2.67. The SMILES string of the molecule is CCOC1(c2nccc(CNC)n2)CCCCCC1. The standard InChI is InChI=1S/C15H25N3O/c1-3-19-15(9-6-4-5-7-10-15)14-17-11-8-13(18-14)12-16-2/h8,11,16H,3-7,9-10,12H2,1-2H3. The van der Waals surface area contributed by atoms with Crippen molar-refractivity contribution in [1.82, 2.24) is 15.3 Å². The van der Waals surface area contributed by atoms with Gasteiger partial charge in [-0.3, -0.25) is 0 Å². The normalized spacial score (nSPS) is 19.1. The predicted octanol–water partition coefficient (Wildman–Crippen LogP) is 2.78. The van der Waals surface area contributed by atoms with Crippen molar-refractivity contribution in [3.05, 3.63) is 23.8 Å². The lowest BCUT2D eigenvalue weighted by molar-refractivity contribution is -0.0625. The van der Waals surface area contributed by atoms with E-state index in [0.29, 0.717) is 0 Å². The van der Waals surface area contributed by atoms with Crippen molar-refractivity contribution in [3.8, 4) is 0 Å². The Labute approximate surface area is 116 Å². The van der Waals surface area contributed by atoms with Gasteiger partial charge in [0.1, 0.15) is 5.60 Å². The van der Waals surface area contributed by atoms with Crippen molar-refractivity contribution in [2.24, 2.45) is 0 Å². The summed E-state index contributed by atoms with van der Waals surface area (Å²) < 4.78 is 6.12. The highest BCUT2D eigenvalue weighted by Gasteiger charge is 2.36. The van der Waals surface area contributed by atoms with Gasteiger partial charge in [-0.25, -0.2) is 9.97 Å². The Bertz CT molecular complexity index is 387. The Balaban J connectivity index is 2.28. The van der Waals surface area contributed by atoms with Crippen molar-refractivity contribution in [1.29, 1.82) is 0 Å². The lowest BCUT2D eigenvalue weighted by Crippen LogP contribution is -2.32. The van der Waals surface area contributed by atoms with E-state index in [-0.39, 0.29) is 5.60 Å². The maximum Gasteiger partial charge on any atom is 0.160 e. The number of aromatic nitrogens is 2. The van der Waals surface area contributed by atoms with Crippen molar-refractivity contribution >= 4 is 0 Å². The zero-order valence-corrected chi connectivity index (χ0v) is 12.1. The lowest BCUT2D eigenvalue weighted by atomic mass is 9.93. The van der Waals surface area contributed by atoms with E-state index in [1.165, 1.54) is 25.7 Å². The molecule has 0 spiro atoms. The zero-order valence-electron chi connectivity index (χ0n) is 12.1. The summed E-state index contributed by atoms with van der Waals surface area (Å²) in [6.07, 6.45) is 8.96. The van der Waals surface area contributed by atoms with Gasteiger partial charge in [-0.15, -0.1) is 0 Å². The largest absolute Gasteiger partial charge is 0.367 e. The molecule has 1 saturated carbocycles. The lowest BCUT2D eigenvalue weighted by Gasteiger charge is -2.31. The van der Waals surface area contributed by atoms with Gasteiger partial charge in [0.15, 0.2) is 5.82 Å². The molecule has 106 valence electrons. The summed E-state index contributed by atoms with van der Waals surface area (Å²) in [5.74, 6) is 0.879. The fraction of sp³-hybridized carbons (Fsp3) is 0.733. The van der Waals surface area contributed by atoms with Crippen LogP contribution >= 0.6 is 0 Å².